The zero-order chi connectivity index (χ0) is 12.7. The van der Waals surface area contributed by atoms with E-state index in [4.69, 9.17) is 10.00 Å². The maximum Gasteiger partial charge on any atom is 0.126 e. The molecule has 2 nitrogen and oxygen atoms in total. The fourth-order valence-corrected chi connectivity index (χ4v) is 1.58. The first kappa shape index (κ1) is 13.5. The maximum atomic E-state index is 8.74. The largest absolute Gasteiger partial charge is 0.489 e. The average molecular weight is 245 g/mol. The quantitative estimate of drug-likeness (QED) is 0.603. The molecule has 1 aromatic carbocycles. The molecule has 0 N–H and O–H groups in total. The highest BCUT2D eigenvalue weighted by molar-refractivity contribution is 7.27. The molecule has 1 aromatic rings. The number of nitriles is 1. The van der Waals surface area contributed by atoms with Gasteiger partial charge in [-0.15, -0.1) is 9.24 Å². The number of allylic oxidation sites excluding steroid dienone is 3. The van der Waals surface area contributed by atoms with Crippen LogP contribution in [-0.2, 0) is 0 Å². The van der Waals surface area contributed by atoms with Crippen LogP contribution in [0.3, 0.4) is 0 Å². The lowest BCUT2D eigenvalue weighted by molar-refractivity contribution is 0.366. The van der Waals surface area contributed by atoms with E-state index in [0.717, 1.165) is 11.1 Å². The molecule has 0 saturated heterocycles. The minimum absolute atomic E-state index is 0.526. The third kappa shape index (κ3) is 4.43. The van der Waals surface area contributed by atoms with Crippen molar-refractivity contribution in [3.8, 4) is 11.8 Å². The van der Waals surface area contributed by atoms with Crippen LogP contribution in [0.5, 0.6) is 5.75 Å². The summed E-state index contributed by atoms with van der Waals surface area (Å²) in [5.74, 6) is 0.789. The van der Waals surface area contributed by atoms with Crippen molar-refractivity contribution in [2.24, 2.45) is 0 Å². The highest BCUT2D eigenvalue weighted by atomic mass is 31.0. The number of hydrogen-bond acceptors (Lipinski definition) is 2. The van der Waals surface area contributed by atoms with Gasteiger partial charge in [-0.3, -0.25) is 0 Å². The molecule has 3 heteroatoms. The van der Waals surface area contributed by atoms with E-state index in [0.29, 0.717) is 12.2 Å². The van der Waals surface area contributed by atoms with E-state index in [2.05, 4.69) is 15.3 Å². The van der Waals surface area contributed by atoms with Gasteiger partial charge in [0.2, 0.25) is 0 Å². The van der Waals surface area contributed by atoms with Crippen LogP contribution in [0.4, 0.5) is 0 Å². The Morgan fingerprint density at radius 2 is 2.29 bits per heavy atom. The summed E-state index contributed by atoms with van der Waals surface area (Å²) in [5.41, 5.74) is 1.85. The molecule has 0 saturated carbocycles. The SMILES string of the molecule is C/C=C(C)\C=C/COc1ccc(C#N)cc1P. The third-order valence-corrected chi connectivity index (χ3v) is 2.76. The molecular weight excluding hydrogens is 229 g/mol. The molecule has 0 aliphatic carbocycles. The van der Waals surface area contributed by atoms with Gasteiger partial charge in [0.1, 0.15) is 12.4 Å². The van der Waals surface area contributed by atoms with Gasteiger partial charge >= 0.3 is 0 Å². The van der Waals surface area contributed by atoms with Crippen LogP contribution in [0.25, 0.3) is 0 Å². The summed E-state index contributed by atoms with van der Waals surface area (Å²) in [6.45, 7) is 4.57. The van der Waals surface area contributed by atoms with Crippen LogP contribution < -0.4 is 10.0 Å². The van der Waals surface area contributed by atoms with Gasteiger partial charge in [-0.1, -0.05) is 17.7 Å². The van der Waals surface area contributed by atoms with Gasteiger partial charge in [0.05, 0.1) is 11.6 Å². The first-order valence-electron chi connectivity index (χ1n) is 5.39. The topological polar surface area (TPSA) is 33.0 Å². The molecule has 0 bridgehead atoms. The van der Waals surface area contributed by atoms with Crippen molar-refractivity contribution in [3.63, 3.8) is 0 Å². The average Bonchev–Trinajstić information content (AvgIpc) is 2.35. The fourth-order valence-electron chi connectivity index (χ4n) is 1.22. The van der Waals surface area contributed by atoms with Crippen molar-refractivity contribution in [2.45, 2.75) is 13.8 Å². The number of hydrogen-bond donors (Lipinski definition) is 0. The molecule has 1 rings (SSSR count). The Balaban J connectivity index is 2.59. The van der Waals surface area contributed by atoms with Gasteiger partial charge in [0.25, 0.3) is 0 Å². The summed E-state index contributed by atoms with van der Waals surface area (Å²) in [7, 11) is 2.58. The minimum Gasteiger partial charge on any atom is -0.489 e. The van der Waals surface area contributed by atoms with Gasteiger partial charge < -0.3 is 4.74 Å². The molecular formula is C14H16NOP. The number of rotatable bonds is 4. The normalized spacial score (nSPS) is 11.5. The first-order chi connectivity index (χ1) is 8.17. The monoisotopic (exact) mass is 245 g/mol. The first-order valence-corrected chi connectivity index (χ1v) is 5.97. The van der Waals surface area contributed by atoms with Gasteiger partial charge in [0.15, 0.2) is 0 Å². The Labute approximate surface area is 105 Å². The molecule has 0 spiro atoms. The fraction of sp³-hybridized carbons (Fsp3) is 0.214. The zero-order valence-corrected chi connectivity index (χ0v) is 11.3. The van der Waals surface area contributed by atoms with Crippen molar-refractivity contribution in [1.82, 2.24) is 0 Å². The summed E-state index contributed by atoms with van der Waals surface area (Å²) in [6, 6.07) is 7.46. The third-order valence-electron chi connectivity index (χ3n) is 2.31. The molecule has 0 aromatic heterocycles. The van der Waals surface area contributed by atoms with E-state index < -0.39 is 0 Å². The molecule has 0 radical (unpaired) electrons. The highest BCUT2D eigenvalue weighted by Crippen LogP contribution is 2.12. The van der Waals surface area contributed by atoms with Crippen LogP contribution in [0.2, 0.25) is 0 Å². The highest BCUT2D eigenvalue weighted by Gasteiger charge is 1.99. The van der Waals surface area contributed by atoms with Crippen LogP contribution in [0.1, 0.15) is 19.4 Å². The van der Waals surface area contributed by atoms with Crippen LogP contribution in [0, 0.1) is 11.3 Å². The molecule has 0 amide bonds. The lowest BCUT2D eigenvalue weighted by Gasteiger charge is -2.06. The second kappa shape index (κ2) is 6.89. The summed E-state index contributed by atoms with van der Waals surface area (Å²) in [6.07, 6.45) is 6.03. The standard InChI is InChI=1S/C14H16NOP/c1-3-11(2)5-4-8-16-13-7-6-12(10-15)9-14(13)17/h3-7,9H,8,17H2,1-2H3/b5-4-,11-3-. The van der Waals surface area contributed by atoms with Crippen LogP contribution in [0.15, 0.2) is 42.0 Å². The molecule has 0 aliphatic heterocycles. The Morgan fingerprint density at radius 3 is 2.88 bits per heavy atom. The van der Waals surface area contributed by atoms with E-state index in [1.165, 1.54) is 5.57 Å². The van der Waals surface area contributed by atoms with Crippen LogP contribution >= 0.6 is 9.24 Å². The number of nitrogens with zero attached hydrogens (tertiary/aromatic N) is 1. The Kier molecular flexibility index (Phi) is 5.46. The Morgan fingerprint density at radius 1 is 1.53 bits per heavy atom. The summed E-state index contributed by atoms with van der Waals surface area (Å²) in [4.78, 5) is 0. The smallest absolute Gasteiger partial charge is 0.126 e. The second-order valence-corrected chi connectivity index (χ2v) is 4.23. The molecule has 0 heterocycles. The molecule has 1 atom stereocenters. The van der Waals surface area contributed by atoms with Crippen molar-refractivity contribution >= 4 is 14.5 Å². The Bertz CT molecular complexity index is 483. The predicted molar refractivity (Wildman–Crippen MR) is 74.6 cm³/mol. The van der Waals surface area contributed by atoms with Crippen LogP contribution in [-0.4, -0.2) is 6.61 Å². The summed E-state index contributed by atoms with van der Waals surface area (Å²) in [5, 5.41) is 9.64. The molecule has 0 aliphatic rings. The van der Waals surface area contributed by atoms with E-state index in [-0.39, 0.29) is 0 Å². The van der Waals surface area contributed by atoms with E-state index in [1.807, 2.05) is 38.1 Å². The summed E-state index contributed by atoms with van der Waals surface area (Å²) < 4.78 is 5.59. The van der Waals surface area contributed by atoms with E-state index in [1.54, 1.807) is 12.1 Å². The lowest BCUT2D eigenvalue weighted by atomic mass is 10.2. The number of benzene rings is 1. The number of ether oxygens (including phenoxy) is 1. The van der Waals surface area contributed by atoms with Crippen molar-refractivity contribution in [1.29, 1.82) is 5.26 Å². The molecule has 1 unspecified atom stereocenters. The second-order valence-electron chi connectivity index (χ2n) is 3.61. The van der Waals surface area contributed by atoms with Crippen molar-refractivity contribution in [2.75, 3.05) is 6.61 Å². The summed E-state index contributed by atoms with van der Waals surface area (Å²) >= 11 is 0. The van der Waals surface area contributed by atoms with Gasteiger partial charge in [-0.05, 0) is 38.1 Å². The van der Waals surface area contributed by atoms with Gasteiger partial charge in [0, 0.05) is 5.30 Å². The molecule has 17 heavy (non-hydrogen) atoms. The van der Waals surface area contributed by atoms with E-state index in [9.17, 15) is 0 Å². The molecule has 0 fully saturated rings. The lowest BCUT2D eigenvalue weighted by Crippen LogP contribution is -2.03. The predicted octanol–water partition coefficient (Wildman–Crippen LogP) is 2.96. The maximum absolute atomic E-state index is 8.74. The van der Waals surface area contributed by atoms with Gasteiger partial charge in [-0.2, -0.15) is 5.26 Å². The van der Waals surface area contributed by atoms with E-state index >= 15 is 0 Å². The van der Waals surface area contributed by atoms with Crippen molar-refractivity contribution in [3.05, 3.63) is 47.6 Å². The molecule has 88 valence electrons. The van der Waals surface area contributed by atoms with Gasteiger partial charge in [-0.25, -0.2) is 0 Å². The zero-order valence-electron chi connectivity index (χ0n) is 10.1. The minimum atomic E-state index is 0.526. The van der Waals surface area contributed by atoms with Crippen molar-refractivity contribution < 1.29 is 4.74 Å². The Hall–Kier alpha value is -1.58.